The molecule has 5 heteroatoms. The Morgan fingerprint density at radius 2 is 2.38 bits per heavy atom. The Morgan fingerprint density at radius 3 is 2.94 bits per heavy atom. The first kappa shape index (κ1) is 12.0. The molecule has 2 N–H and O–H groups in total. The van der Waals surface area contributed by atoms with E-state index in [-0.39, 0.29) is 0 Å². The minimum absolute atomic E-state index is 0.353. The highest BCUT2D eigenvalue weighted by Gasteiger charge is 2.00. The summed E-state index contributed by atoms with van der Waals surface area (Å²) < 4.78 is 9.65. The van der Waals surface area contributed by atoms with Crippen LogP contribution < -0.4 is 10.5 Å². The highest BCUT2D eigenvalue weighted by atomic mass is 16.5. The van der Waals surface area contributed by atoms with Crippen molar-refractivity contribution in [1.82, 2.24) is 4.98 Å². The molecule has 86 valence electrons. The van der Waals surface area contributed by atoms with Crippen molar-refractivity contribution in [3.8, 4) is 5.88 Å². The number of methoxy groups -OCH3 is 1. The van der Waals surface area contributed by atoms with E-state index >= 15 is 0 Å². The van der Waals surface area contributed by atoms with Crippen LogP contribution in [0.2, 0.25) is 0 Å². The molecule has 1 rings (SSSR count). The lowest BCUT2D eigenvalue weighted by molar-refractivity contribution is -0.137. The molecule has 0 spiro atoms. The van der Waals surface area contributed by atoms with Gasteiger partial charge in [0.1, 0.15) is 0 Å². The number of hydrogen-bond acceptors (Lipinski definition) is 5. The average molecular weight is 222 g/mol. The van der Waals surface area contributed by atoms with Crippen molar-refractivity contribution >= 4 is 17.7 Å². The number of hydrogen-bond donors (Lipinski definition) is 1. The van der Waals surface area contributed by atoms with Crippen molar-refractivity contribution in [1.29, 1.82) is 0 Å². The molecular formula is C11H14N2O3. The summed E-state index contributed by atoms with van der Waals surface area (Å²) in [6.45, 7) is 2.10. The van der Waals surface area contributed by atoms with Crippen molar-refractivity contribution in [3.63, 3.8) is 0 Å². The number of carbonyl (C=O) groups excluding carboxylic acids is 1. The van der Waals surface area contributed by atoms with Gasteiger partial charge in [-0.05, 0) is 24.6 Å². The van der Waals surface area contributed by atoms with Crippen molar-refractivity contribution in [2.45, 2.75) is 6.92 Å². The molecular weight excluding hydrogens is 208 g/mol. The lowest BCUT2D eigenvalue weighted by Gasteiger charge is -2.02. The van der Waals surface area contributed by atoms with Crippen LogP contribution in [-0.4, -0.2) is 24.7 Å². The Bertz CT molecular complexity index is 402. The summed E-state index contributed by atoms with van der Waals surface area (Å²) >= 11 is 0. The maximum atomic E-state index is 11.0. The second kappa shape index (κ2) is 5.75. The van der Waals surface area contributed by atoms with Crippen LogP contribution in [-0.2, 0) is 9.53 Å². The third-order valence-corrected chi connectivity index (χ3v) is 1.79. The van der Waals surface area contributed by atoms with Crippen LogP contribution in [0.3, 0.4) is 0 Å². The van der Waals surface area contributed by atoms with E-state index in [9.17, 15) is 4.79 Å². The zero-order chi connectivity index (χ0) is 12.0. The Balaban J connectivity index is 2.75. The largest absolute Gasteiger partial charge is 0.480 e. The molecule has 5 nitrogen and oxygen atoms in total. The predicted molar refractivity (Wildman–Crippen MR) is 60.9 cm³/mol. The van der Waals surface area contributed by atoms with Gasteiger partial charge in [-0.3, -0.25) is 0 Å². The Labute approximate surface area is 93.9 Å². The van der Waals surface area contributed by atoms with Crippen molar-refractivity contribution in [2.75, 3.05) is 19.5 Å². The molecule has 0 bridgehead atoms. The molecule has 0 aliphatic rings. The van der Waals surface area contributed by atoms with Gasteiger partial charge in [-0.1, -0.05) is 0 Å². The maximum absolute atomic E-state index is 11.0. The van der Waals surface area contributed by atoms with Gasteiger partial charge in [0.25, 0.3) is 0 Å². The van der Waals surface area contributed by atoms with Crippen LogP contribution in [0.1, 0.15) is 12.5 Å². The number of rotatable bonds is 4. The fraction of sp³-hybridized carbons (Fsp3) is 0.273. The van der Waals surface area contributed by atoms with Gasteiger partial charge in [-0.25, -0.2) is 9.78 Å². The van der Waals surface area contributed by atoms with E-state index in [0.717, 1.165) is 0 Å². The number of pyridine rings is 1. The number of esters is 1. The van der Waals surface area contributed by atoms with Gasteiger partial charge in [0.05, 0.1) is 19.4 Å². The third kappa shape index (κ3) is 3.27. The van der Waals surface area contributed by atoms with Gasteiger partial charge in [0, 0.05) is 12.3 Å². The van der Waals surface area contributed by atoms with Crippen molar-refractivity contribution in [2.24, 2.45) is 0 Å². The average Bonchev–Trinajstić information content (AvgIpc) is 2.27. The number of carbonyl (C=O) groups is 1. The van der Waals surface area contributed by atoms with Gasteiger partial charge in [0.15, 0.2) is 0 Å². The van der Waals surface area contributed by atoms with Gasteiger partial charge in [0.2, 0.25) is 5.88 Å². The lowest BCUT2D eigenvalue weighted by Crippen LogP contribution is -1.99. The zero-order valence-corrected chi connectivity index (χ0v) is 9.27. The van der Waals surface area contributed by atoms with E-state index in [1.807, 2.05) is 0 Å². The highest BCUT2D eigenvalue weighted by molar-refractivity contribution is 5.87. The van der Waals surface area contributed by atoms with Crippen LogP contribution in [0.4, 0.5) is 5.69 Å². The molecule has 0 atom stereocenters. The first-order valence-electron chi connectivity index (χ1n) is 4.81. The fourth-order valence-electron chi connectivity index (χ4n) is 1.10. The van der Waals surface area contributed by atoms with Gasteiger partial charge in [-0.2, -0.15) is 0 Å². The molecule has 16 heavy (non-hydrogen) atoms. The van der Waals surface area contributed by atoms with Crippen LogP contribution in [0.25, 0.3) is 6.08 Å². The van der Waals surface area contributed by atoms with Crippen molar-refractivity contribution in [3.05, 3.63) is 23.9 Å². The van der Waals surface area contributed by atoms with Gasteiger partial charge < -0.3 is 15.2 Å². The summed E-state index contributed by atoms with van der Waals surface area (Å²) in [5.41, 5.74) is 6.80. The third-order valence-electron chi connectivity index (χ3n) is 1.79. The number of nitrogens with two attached hydrogens (primary N) is 1. The number of ether oxygens (including phenoxy) is 2. The topological polar surface area (TPSA) is 74.4 Å². The molecule has 1 aromatic rings. The fourth-order valence-corrected chi connectivity index (χ4v) is 1.10. The Kier molecular flexibility index (Phi) is 4.32. The smallest absolute Gasteiger partial charge is 0.330 e. The Hall–Kier alpha value is -2.04. The van der Waals surface area contributed by atoms with E-state index in [2.05, 4.69) is 4.98 Å². The zero-order valence-electron chi connectivity index (χ0n) is 9.27. The normalized spacial score (nSPS) is 10.4. The SMILES string of the molecule is CCOC(=O)C=Cc1cnc(OC)c(N)c1. The van der Waals surface area contributed by atoms with Gasteiger partial charge >= 0.3 is 5.97 Å². The summed E-state index contributed by atoms with van der Waals surface area (Å²) in [7, 11) is 1.49. The first-order chi connectivity index (χ1) is 7.67. The lowest BCUT2D eigenvalue weighted by atomic mass is 10.2. The van der Waals surface area contributed by atoms with Crippen LogP contribution >= 0.6 is 0 Å². The molecule has 0 fully saturated rings. The van der Waals surface area contributed by atoms with Crippen LogP contribution in [0.15, 0.2) is 18.3 Å². The molecule has 0 unspecified atom stereocenters. The summed E-state index contributed by atoms with van der Waals surface area (Å²) in [5, 5.41) is 0. The summed E-state index contributed by atoms with van der Waals surface area (Å²) in [6, 6.07) is 1.67. The molecule has 0 radical (unpaired) electrons. The van der Waals surface area contributed by atoms with E-state index in [1.165, 1.54) is 13.2 Å². The monoisotopic (exact) mass is 222 g/mol. The van der Waals surface area contributed by atoms with E-state index in [1.54, 1.807) is 25.3 Å². The molecule has 0 amide bonds. The number of nitrogens with zero attached hydrogens (tertiary/aromatic N) is 1. The molecule has 0 aromatic carbocycles. The number of aromatic nitrogens is 1. The second-order valence-corrected chi connectivity index (χ2v) is 2.95. The Morgan fingerprint density at radius 1 is 1.62 bits per heavy atom. The highest BCUT2D eigenvalue weighted by Crippen LogP contribution is 2.18. The van der Waals surface area contributed by atoms with E-state index in [4.69, 9.17) is 15.2 Å². The summed E-state index contributed by atoms with van der Waals surface area (Å²) in [4.78, 5) is 15.0. The molecule has 0 aliphatic carbocycles. The first-order valence-corrected chi connectivity index (χ1v) is 4.81. The van der Waals surface area contributed by atoms with Gasteiger partial charge in [-0.15, -0.1) is 0 Å². The molecule has 1 heterocycles. The molecule has 0 saturated heterocycles. The van der Waals surface area contributed by atoms with Crippen molar-refractivity contribution < 1.29 is 14.3 Å². The van der Waals surface area contributed by atoms with Crippen LogP contribution in [0, 0.1) is 0 Å². The van der Waals surface area contributed by atoms with Crippen LogP contribution in [0.5, 0.6) is 5.88 Å². The minimum Gasteiger partial charge on any atom is -0.480 e. The molecule has 1 aromatic heterocycles. The number of nitrogen functional groups attached to an aromatic ring is 1. The predicted octanol–water partition coefficient (Wildman–Crippen LogP) is 1.25. The molecule has 0 aliphatic heterocycles. The quantitative estimate of drug-likeness (QED) is 0.613. The summed E-state index contributed by atoms with van der Waals surface area (Å²) in [6.07, 6.45) is 4.47. The number of anilines is 1. The maximum Gasteiger partial charge on any atom is 0.330 e. The minimum atomic E-state index is -0.392. The molecule has 0 saturated carbocycles. The second-order valence-electron chi connectivity index (χ2n) is 2.95. The summed E-state index contributed by atoms with van der Waals surface area (Å²) in [5.74, 6) is -0.0230. The van der Waals surface area contributed by atoms with E-state index in [0.29, 0.717) is 23.7 Å². The standard InChI is InChI=1S/C11H14N2O3/c1-3-16-10(14)5-4-8-6-9(12)11(15-2)13-7-8/h4-7H,3,12H2,1-2H3. The van der Waals surface area contributed by atoms with E-state index < -0.39 is 5.97 Å².